The van der Waals surface area contributed by atoms with E-state index in [9.17, 15) is 5.11 Å². The highest BCUT2D eigenvalue weighted by atomic mass is 32.1. The molecular weight excluding hydrogens is 264 g/mol. The van der Waals surface area contributed by atoms with Gasteiger partial charge in [0.1, 0.15) is 0 Å². The standard InChI is InChI=1S/C18H16OS/c19-18(14-9-12-5-1-2-6-13(12)10-14)16-11-20-17-8-4-3-7-15(16)17/h1-8,11,14,18-19H,9-10H2. The van der Waals surface area contributed by atoms with Crippen molar-refractivity contribution in [1.29, 1.82) is 0 Å². The molecular formula is C18H16OS. The molecule has 1 aliphatic carbocycles. The highest BCUT2D eigenvalue weighted by Gasteiger charge is 2.29. The minimum Gasteiger partial charge on any atom is -0.388 e. The summed E-state index contributed by atoms with van der Waals surface area (Å²) in [7, 11) is 0. The van der Waals surface area contributed by atoms with Crippen LogP contribution in [0.5, 0.6) is 0 Å². The van der Waals surface area contributed by atoms with E-state index < -0.39 is 0 Å². The monoisotopic (exact) mass is 280 g/mol. The molecule has 1 atom stereocenters. The first-order valence-electron chi connectivity index (χ1n) is 7.04. The molecule has 0 bridgehead atoms. The van der Waals surface area contributed by atoms with Crippen LogP contribution < -0.4 is 0 Å². The zero-order valence-electron chi connectivity index (χ0n) is 11.1. The Kier molecular flexibility index (Phi) is 2.86. The predicted octanol–water partition coefficient (Wildman–Crippen LogP) is 4.35. The lowest BCUT2D eigenvalue weighted by Gasteiger charge is -2.17. The van der Waals surface area contributed by atoms with Crippen LogP contribution in [0.15, 0.2) is 53.9 Å². The quantitative estimate of drug-likeness (QED) is 0.740. The van der Waals surface area contributed by atoms with Gasteiger partial charge in [-0.3, -0.25) is 0 Å². The summed E-state index contributed by atoms with van der Waals surface area (Å²) in [4.78, 5) is 0. The van der Waals surface area contributed by atoms with Gasteiger partial charge < -0.3 is 5.11 Å². The number of aliphatic hydroxyl groups excluding tert-OH is 1. The van der Waals surface area contributed by atoms with Crippen LogP contribution in [0.3, 0.4) is 0 Å². The Morgan fingerprint density at radius 1 is 0.950 bits per heavy atom. The third-order valence-electron chi connectivity index (χ3n) is 4.36. The van der Waals surface area contributed by atoms with E-state index in [1.165, 1.54) is 21.2 Å². The van der Waals surface area contributed by atoms with Crippen LogP contribution in [-0.2, 0) is 12.8 Å². The molecule has 20 heavy (non-hydrogen) atoms. The van der Waals surface area contributed by atoms with Gasteiger partial charge in [-0.05, 0) is 52.3 Å². The van der Waals surface area contributed by atoms with Crippen LogP contribution in [0, 0.1) is 5.92 Å². The van der Waals surface area contributed by atoms with Crippen molar-refractivity contribution >= 4 is 21.4 Å². The minimum absolute atomic E-state index is 0.311. The zero-order chi connectivity index (χ0) is 13.5. The van der Waals surface area contributed by atoms with Gasteiger partial charge in [-0.2, -0.15) is 0 Å². The van der Waals surface area contributed by atoms with E-state index in [2.05, 4.69) is 53.9 Å². The molecule has 1 aliphatic rings. The van der Waals surface area contributed by atoms with Crippen LogP contribution in [-0.4, -0.2) is 5.11 Å². The smallest absolute Gasteiger partial charge is 0.0838 e. The highest BCUT2D eigenvalue weighted by molar-refractivity contribution is 7.17. The maximum absolute atomic E-state index is 10.8. The van der Waals surface area contributed by atoms with Crippen molar-refractivity contribution in [3.8, 4) is 0 Å². The van der Waals surface area contributed by atoms with Gasteiger partial charge >= 0.3 is 0 Å². The average Bonchev–Trinajstić information content (AvgIpc) is 3.10. The number of benzene rings is 2. The van der Waals surface area contributed by atoms with Crippen LogP contribution >= 0.6 is 11.3 Å². The molecule has 0 saturated carbocycles. The van der Waals surface area contributed by atoms with Gasteiger partial charge in [-0.25, -0.2) is 0 Å². The number of aliphatic hydroxyl groups is 1. The Morgan fingerprint density at radius 2 is 1.60 bits per heavy atom. The second-order valence-corrected chi connectivity index (χ2v) is 6.48. The lowest BCUT2D eigenvalue weighted by atomic mass is 9.93. The largest absolute Gasteiger partial charge is 0.388 e. The summed E-state index contributed by atoms with van der Waals surface area (Å²) in [6, 6.07) is 16.9. The van der Waals surface area contributed by atoms with Gasteiger partial charge in [0.2, 0.25) is 0 Å². The lowest BCUT2D eigenvalue weighted by Crippen LogP contribution is -2.12. The number of hydrogen-bond donors (Lipinski definition) is 1. The Balaban J connectivity index is 1.67. The summed E-state index contributed by atoms with van der Waals surface area (Å²) in [5.41, 5.74) is 3.90. The number of thiophene rings is 1. The lowest BCUT2D eigenvalue weighted by molar-refractivity contribution is 0.115. The van der Waals surface area contributed by atoms with Crippen molar-refractivity contribution in [3.05, 3.63) is 70.6 Å². The molecule has 0 saturated heterocycles. The van der Waals surface area contributed by atoms with Gasteiger partial charge in [0.15, 0.2) is 0 Å². The first-order chi connectivity index (χ1) is 9.83. The van der Waals surface area contributed by atoms with E-state index >= 15 is 0 Å². The van der Waals surface area contributed by atoms with Crippen molar-refractivity contribution in [1.82, 2.24) is 0 Å². The van der Waals surface area contributed by atoms with E-state index in [0.29, 0.717) is 5.92 Å². The number of rotatable bonds is 2. The molecule has 1 N–H and O–H groups in total. The van der Waals surface area contributed by atoms with E-state index in [-0.39, 0.29) is 6.10 Å². The molecule has 1 heterocycles. The summed E-state index contributed by atoms with van der Waals surface area (Å²) < 4.78 is 1.26. The first kappa shape index (κ1) is 12.1. The fourth-order valence-corrected chi connectivity index (χ4v) is 4.29. The molecule has 1 nitrogen and oxygen atoms in total. The maximum atomic E-state index is 10.8. The molecule has 0 amide bonds. The molecule has 3 aromatic rings. The molecule has 1 unspecified atom stereocenters. The van der Waals surface area contributed by atoms with Gasteiger partial charge in [-0.15, -0.1) is 11.3 Å². The van der Waals surface area contributed by atoms with Crippen LogP contribution in [0.4, 0.5) is 0 Å². The van der Waals surface area contributed by atoms with Gasteiger partial charge in [0.25, 0.3) is 0 Å². The van der Waals surface area contributed by atoms with Crippen LogP contribution in [0.1, 0.15) is 22.8 Å². The van der Waals surface area contributed by atoms with Crippen LogP contribution in [0.2, 0.25) is 0 Å². The third kappa shape index (κ3) is 1.88. The van der Waals surface area contributed by atoms with Crippen molar-refractivity contribution < 1.29 is 5.11 Å². The van der Waals surface area contributed by atoms with Crippen molar-refractivity contribution in [2.45, 2.75) is 18.9 Å². The Bertz CT molecular complexity index is 734. The summed E-state index contributed by atoms with van der Waals surface area (Å²) in [6.07, 6.45) is 1.61. The molecule has 2 aromatic carbocycles. The fraction of sp³-hybridized carbons (Fsp3) is 0.222. The third-order valence-corrected chi connectivity index (χ3v) is 5.34. The molecule has 0 aliphatic heterocycles. The average molecular weight is 280 g/mol. The molecule has 0 radical (unpaired) electrons. The van der Waals surface area contributed by atoms with Gasteiger partial charge in [-0.1, -0.05) is 42.5 Å². The van der Waals surface area contributed by atoms with E-state index in [0.717, 1.165) is 18.4 Å². The second kappa shape index (κ2) is 4.72. The van der Waals surface area contributed by atoms with E-state index in [4.69, 9.17) is 0 Å². The first-order valence-corrected chi connectivity index (χ1v) is 7.92. The van der Waals surface area contributed by atoms with Crippen LogP contribution in [0.25, 0.3) is 10.1 Å². The molecule has 1 aromatic heterocycles. The van der Waals surface area contributed by atoms with E-state index in [1.54, 1.807) is 11.3 Å². The minimum atomic E-state index is -0.362. The molecule has 0 fully saturated rings. The van der Waals surface area contributed by atoms with Crippen molar-refractivity contribution in [2.24, 2.45) is 5.92 Å². The van der Waals surface area contributed by atoms with Gasteiger partial charge in [0.05, 0.1) is 6.10 Å². The van der Waals surface area contributed by atoms with Gasteiger partial charge in [0, 0.05) is 4.70 Å². The summed E-state index contributed by atoms with van der Waals surface area (Å²) in [5, 5.41) is 14.1. The normalized spacial score (nSPS) is 16.4. The van der Waals surface area contributed by atoms with E-state index in [1.807, 2.05) is 0 Å². The molecule has 2 heteroatoms. The Labute approximate surface area is 122 Å². The second-order valence-electron chi connectivity index (χ2n) is 5.57. The number of fused-ring (bicyclic) bond motifs is 2. The molecule has 100 valence electrons. The van der Waals surface area contributed by atoms with Crippen molar-refractivity contribution in [2.75, 3.05) is 0 Å². The summed E-state index contributed by atoms with van der Waals surface area (Å²) >= 11 is 1.72. The molecule has 0 spiro atoms. The Morgan fingerprint density at radius 3 is 2.35 bits per heavy atom. The maximum Gasteiger partial charge on any atom is 0.0838 e. The predicted molar refractivity (Wildman–Crippen MR) is 84.1 cm³/mol. The number of hydrogen-bond acceptors (Lipinski definition) is 2. The topological polar surface area (TPSA) is 20.2 Å². The highest BCUT2D eigenvalue weighted by Crippen LogP contribution is 2.39. The zero-order valence-corrected chi connectivity index (χ0v) is 11.9. The Hall–Kier alpha value is -1.64. The van der Waals surface area contributed by atoms with Crippen molar-refractivity contribution in [3.63, 3.8) is 0 Å². The summed E-state index contributed by atoms with van der Waals surface area (Å²) in [5.74, 6) is 0.311. The fourth-order valence-electron chi connectivity index (χ4n) is 3.30. The summed E-state index contributed by atoms with van der Waals surface area (Å²) in [6.45, 7) is 0. The SMILES string of the molecule is OC(c1csc2ccccc12)C1Cc2ccccc2C1. The molecule has 4 rings (SSSR count).